The normalized spacial score (nSPS) is 10.8. The number of halogens is 1. The number of aromatic nitrogens is 2. The third-order valence-corrected chi connectivity index (χ3v) is 4.16. The summed E-state index contributed by atoms with van der Waals surface area (Å²) < 4.78 is 7.88. The predicted octanol–water partition coefficient (Wildman–Crippen LogP) is 3.79. The fourth-order valence-corrected chi connectivity index (χ4v) is 2.87. The molecule has 1 amide bonds. The third-order valence-electron chi connectivity index (χ3n) is 3.85. The van der Waals surface area contributed by atoms with E-state index >= 15 is 0 Å². The molecule has 0 aliphatic heterocycles. The Bertz CT molecular complexity index is 876. The molecule has 3 rings (SSSR count). The summed E-state index contributed by atoms with van der Waals surface area (Å²) in [4.78, 5) is 15.8. The Labute approximate surface area is 151 Å². The van der Waals surface area contributed by atoms with Crippen LogP contribution in [0.1, 0.15) is 19.2 Å². The summed E-state index contributed by atoms with van der Waals surface area (Å²) >= 11 is 6.10. The largest absolute Gasteiger partial charge is 0.492 e. The molecule has 130 valence electrons. The van der Waals surface area contributed by atoms with Crippen molar-refractivity contribution in [3.63, 3.8) is 0 Å². The van der Waals surface area contributed by atoms with Gasteiger partial charge in [0.05, 0.1) is 29.2 Å². The van der Waals surface area contributed by atoms with Crippen molar-refractivity contribution >= 4 is 28.5 Å². The Morgan fingerprint density at radius 1 is 1.20 bits per heavy atom. The van der Waals surface area contributed by atoms with Gasteiger partial charge in [0, 0.05) is 13.5 Å². The molecule has 1 heterocycles. The first-order chi connectivity index (χ1) is 12.1. The molecule has 25 heavy (non-hydrogen) atoms. The van der Waals surface area contributed by atoms with Crippen LogP contribution in [0.2, 0.25) is 5.02 Å². The van der Waals surface area contributed by atoms with E-state index in [4.69, 9.17) is 16.3 Å². The number of benzene rings is 2. The number of para-hydroxylation sites is 3. The summed E-state index contributed by atoms with van der Waals surface area (Å²) in [5.41, 5.74) is 1.98. The van der Waals surface area contributed by atoms with Gasteiger partial charge in [0.1, 0.15) is 11.6 Å². The van der Waals surface area contributed by atoms with E-state index in [0.717, 1.165) is 29.8 Å². The van der Waals surface area contributed by atoms with Gasteiger partial charge in [0.2, 0.25) is 5.91 Å². The van der Waals surface area contributed by atoms with E-state index in [1.807, 2.05) is 48.5 Å². The molecular weight excluding hydrogens is 338 g/mol. The van der Waals surface area contributed by atoms with Gasteiger partial charge >= 0.3 is 0 Å². The van der Waals surface area contributed by atoms with E-state index in [2.05, 4.69) is 14.9 Å². The Morgan fingerprint density at radius 3 is 2.76 bits per heavy atom. The highest BCUT2D eigenvalue weighted by Gasteiger charge is 2.10. The van der Waals surface area contributed by atoms with Gasteiger partial charge in [-0.1, -0.05) is 35.9 Å². The molecule has 1 aromatic heterocycles. The highest BCUT2D eigenvalue weighted by molar-refractivity contribution is 6.32. The second-order valence-corrected chi connectivity index (χ2v) is 6.12. The van der Waals surface area contributed by atoms with E-state index in [0.29, 0.717) is 23.9 Å². The third kappa shape index (κ3) is 4.31. The first-order valence-corrected chi connectivity index (χ1v) is 8.59. The average molecular weight is 358 g/mol. The minimum absolute atomic E-state index is 0.0688. The topological polar surface area (TPSA) is 56.2 Å². The molecule has 3 aromatic rings. The van der Waals surface area contributed by atoms with Gasteiger partial charge in [-0.3, -0.25) is 4.79 Å². The molecule has 0 bridgehead atoms. The van der Waals surface area contributed by atoms with Crippen molar-refractivity contribution in [2.75, 3.05) is 6.61 Å². The molecule has 0 fully saturated rings. The van der Waals surface area contributed by atoms with Gasteiger partial charge in [-0.25, -0.2) is 4.98 Å². The zero-order chi connectivity index (χ0) is 17.6. The van der Waals surface area contributed by atoms with Crippen LogP contribution in [0.25, 0.3) is 11.0 Å². The average Bonchev–Trinajstić information content (AvgIpc) is 2.96. The summed E-state index contributed by atoms with van der Waals surface area (Å²) in [6.45, 7) is 3.22. The SMILES string of the molecule is CC(=O)NCc1nc2ccccc2n1CCCOc1ccccc1Cl. The van der Waals surface area contributed by atoms with Crippen LogP contribution in [-0.4, -0.2) is 22.1 Å². The Kier molecular flexibility index (Phi) is 5.56. The summed E-state index contributed by atoms with van der Waals surface area (Å²) in [5, 5.41) is 3.43. The molecule has 0 unspecified atom stereocenters. The minimum Gasteiger partial charge on any atom is -0.492 e. The van der Waals surface area contributed by atoms with Gasteiger partial charge in [-0.05, 0) is 30.7 Å². The van der Waals surface area contributed by atoms with Gasteiger partial charge in [0.25, 0.3) is 0 Å². The highest BCUT2D eigenvalue weighted by atomic mass is 35.5. The van der Waals surface area contributed by atoms with Crippen molar-refractivity contribution in [2.45, 2.75) is 26.4 Å². The molecule has 2 aromatic carbocycles. The van der Waals surface area contributed by atoms with Crippen LogP contribution >= 0.6 is 11.6 Å². The number of hydrogen-bond acceptors (Lipinski definition) is 3. The molecule has 5 nitrogen and oxygen atoms in total. The quantitative estimate of drug-likeness (QED) is 0.654. The van der Waals surface area contributed by atoms with Crippen LogP contribution in [0.5, 0.6) is 5.75 Å². The maximum atomic E-state index is 11.2. The van der Waals surface area contributed by atoms with Crippen molar-refractivity contribution in [1.82, 2.24) is 14.9 Å². The molecule has 0 saturated carbocycles. The number of rotatable bonds is 7. The van der Waals surface area contributed by atoms with Crippen LogP contribution in [0.3, 0.4) is 0 Å². The second-order valence-electron chi connectivity index (χ2n) is 5.71. The number of hydrogen-bond donors (Lipinski definition) is 1. The predicted molar refractivity (Wildman–Crippen MR) is 98.8 cm³/mol. The van der Waals surface area contributed by atoms with Crippen LogP contribution < -0.4 is 10.1 Å². The Morgan fingerprint density at radius 2 is 1.96 bits per heavy atom. The number of carbonyl (C=O) groups is 1. The zero-order valence-electron chi connectivity index (χ0n) is 14.0. The fourth-order valence-electron chi connectivity index (χ4n) is 2.68. The maximum absolute atomic E-state index is 11.2. The molecule has 0 atom stereocenters. The van der Waals surface area contributed by atoms with Crippen LogP contribution in [-0.2, 0) is 17.9 Å². The minimum atomic E-state index is -0.0688. The highest BCUT2D eigenvalue weighted by Crippen LogP contribution is 2.23. The number of carbonyl (C=O) groups excluding carboxylic acids is 1. The molecular formula is C19H20ClN3O2. The van der Waals surface area contributed by atoms with Crippen molar-refractivity contribution in [2.24, 2.45) is 0 Å². The number of amides is 1. The standard InChI is InChI=1S/C19H20ClN3O2/c1-14(24)21-13-19-22-16-8-3-4-9-17(16)23(19)11-6-12-25-18-10-5-2-7-15(18)20/h2-5,7-10H,6,11-13H2,1H3,(H,21,24). The van der Waals surface area contributed by atoms with Crippen molar-refractivity contribution in [3.05, 3.63) is 59.4 Å². The molecule has 0 spiro atoms. The summed E-state index contributed by atoms with van der Waals surface area (Å²) in [6.07, 6.45) is 0.804. The number of fused-ring (bicyclic) bond motifs is 1. The number of ether oxygens (including phenoxy) is 1. The lowest BCUT2D eigenvalue weighted by Gasteiger charge is -2.11. The van der Waals surface area contributed by atoms with Crippen molar-refractivity contribution in [1.29, 1.82) is 0 Å². The Hall–Kier alpha value is -2.53. The van der Waals surface area contributed by atoms with E-state index in [9.17, 15) is 4.79 Å². The van der Waals surface area contributed by atoms with Crippen LogP contribution in [0.4, 0.5) is 0 Å². The first-order valence-electron chi connectivity index (χ1n) is 8.21. The Balaban J connectivity index is 1.68. The van der Waals surface area contributed by atoms with Gasteiger partial charge in [-0.15, -0.1) is 0 Å². The molecule has 0 aliphatic rings. The molecule has 0 radical (unpaired) electrons. The molecule has 1 N–H and O–H groups in total. The second kappa shape index (κ2) is 8.03. The lowest BCUT2D eigenvalue weighted by atomic mass is 10.3. The van der Waals surface area contributed by atoms with Crippen LogP contribution in [0.15, 0.2) is 48.5 Å². The van der Waals surface area contributed by atoms with E-state index in [1.165, 1.54) is 6.92 Å². The van der Waals surface area contributed by atoms with E-state index in [1.54, 1.807) is 0 Å². The lowest BCUT2D eigenvalue weighted by molar-refractivity contribution is -0.119. The number of imidazole rings is 1. The summed E-state index contributed by atoms with van der Waals surface area (Å²) in [5.74, 6) is 1.47. The van der Waals surface area contributed by atoms with Crippen molar-refractivity contribution in [3.8, 4) is 5.75 Å². The van der Waals surface area contributed by atoms with E-state index < -0.39 is 0 Å². The summed E-state index contributed by atoms with van der Waals surface area (Å²) in [7, 11) is 0. The fraction of sp³-hybridized carbons (Fsp3) is 0.263. The lowest BCUT2D eigenvalue weighted by Crippen LogP contribution is -2.22. The van der Waals surface area contributed by atoms with Gasteiger partial charge in [-0.2, -0.15) is 0 Å². The molecule has 0 aliphatic carbocycles. The van der Waals surface area contributed by atoms with E-state index in [-0.39, 0.29) is 5.91 Å². The van der Waals surface area contributed by atoms with Gasteiger partial charge in [0.15, 0.2) is 0 Å². The number of nitrogens with zero attached hydrogens (tertiary/aromatic N) is 2. The maximum Gasteiger partial charge on any atom is 0.217 e. The summed E-state index contributed by atoms with van der Waals surface area (Å²) in [6, 6.07) is 15.4. The number of aryl methyl sites for hydroxylation is 1. The number of nitrogens with one attached hydrogen (secondary N) is 1. The smallest absolute Gasteiger partial charge is 0.217 e. The van der Waals surface area contributed by atoms with Crippen molar-refractivity contribution < 1.29 is 9.53 Å². The van der Waals surface area contributed by atoms with Gasteiger partial charge < -0.3 is 14.6 Å². The molecule has 6 heteroatoms. The molecule has 0 saturated heterocycles. The first kappa shape index (κ1) is 17.3. The van der Waals surface area contributed by atoms with Crippen LogP contribution in [0, 0.1) is 0 Å². The monoisotopic (exact) mass is 357 g/mol. The zero-order valence-corrected chi connectivity index (χ0v) is 14.8.